The predicted molar refractivity (Wildman–Crippen MR) is 57.3 cm³/mol. The first-order chi connectivity index (χ1) is 7.40. The van der Waals surface area contributed by atoms with E-state index in [1.165, 1.54) is 0 Å². The van der Waals surface area contributed by atoms with Crippen molar-refractivity contribution >= 4 is 0 Å². The van der Waals surface area contributed by atoms with Gasteiger partial charge in [0.1, 0.15) is 6.10 Å². The summed E-state index contributed by atoms with van der Waals surface area (Å²) in [6.07, 6.45) is 6.05. The maximum atomic E-state index is 5.52. The van der Waals surface area contributed by atoms with Crippen LogP contribution in [0.5, 0.6) is 0 Å². The van der Waals surface area contributed by atoms with E-state index >= 15 is 0 Å². The lowest BCUT2D eigenvalue weighted by Gasteiger charge is -2.08. The molecule has 2 rings (SSSR count). The fourth-order valence-electron chi connectivity index (χ4n) is 1.67. The molecule has 1 aromatic heterocycles. The third kappa shape index (κ3) is 2.73. The summed E-state index contributed by atoms with van der Waals surface area (Å²) in [4.78, 5) is 8.67. The maximum absolute atomic E-state index is 5.52. The van der Waals surface area contributed by atoms with Crippen LogP contribution >= 0.6 is 0 Å². The largest absolute Gasteiger partial charge is 0.370 e. The van der Waals surface area contributed by atoms with E-state index in [4.69, 9.17) is 4.74 Å². The smallest absolute Gasteiger partial charge is 0.157 e. The monoisotopic (exact) mass is 207 g/mol. The Balaban J connectivity index is 1.96. The average molecular weight is 207 g/mol. The zero-order valence-corrected chi connectivity index (χ0v) is 9.07. The molecule has 1 aliphatic heterocycles. The van der Waals surface area contributed by atoms with Crippen molar-refractivity contribution in [1.82, 2.24) is 15.3 Å². The van der Waals surface area contributed by atoms with Gasteiger partial charge in [0.25, 0.3) is 0 Å². The first-order valence-corrected chi connectivity index (χ1v) is 5.53. The molecule has 0 spiro atoms. The van der Waals surface area contributed by atoms with Gasteiger partial charge in [-0.15, -0.1) is 0 Å². The van der Waals surface area contributed by atoms with Crippen molar-refractivity contribution in [1.29, 1.82) is 0 Å². The van der Waals surface area contributed by atoms with Crippen LogP contribution in [0.1, 0.15) is 37.3 Å². The van der Waals surface area contributed by atoms with Crippen LogP contribution in [0, 0.1) is 0 Å². The summed E-state index contributed by atoms with van der Waals surface area (Å²) in [7, 11) is 0. The second-order valence-corrected chi connectivity index (χ2v) is 3.73. The molecule has 0 aliphatic carbocycles. The molecule has 2 heterocycles. The number of aromatic nitrogens is 2. The number of hydrogen-bond acceptors (Lipinski definition) is 4. The van der Waals surface area contributed by atoms with Crippen molar-refractivity contribution in [3.8, 4) is 0 Å². The molecule has 4 heteroatoms. The topological polar surface area (TPSA) is 47.0 Å². The van der Waals surface area contributed by atoms with Crippen molar-refractivity contribution < 1.29 is 4.74 Å². The van der Waals surface area contributed by atoms with Crippen LogP contribution in [0.2, 0.25) is 0 Å². The summed E-state index contributed by atoms with van der Waals surface area (Å²) in [5, 5.41) is 3.24. The van der Waals surface area contributed by atoms with Crippen molar-refractivity contribution in [2.24, 2.45) is 0 Å². The lowest BCUT2D eigenvalue weighted by atomic mass is 10.2. The molecule has 0 bridgehead atoms. The molecular formula is C11H17N3O. The number of nitrogens with zero attached hydrogens (tertiary/aromatic N) is 2. The second kappa shape index (κ2) is 5.19. The van der Waals surface area contributed by atoms with Gasteiger partial charge in [0.05, 0.1) is 0 Å². The molecule has 1 N–H and O–H groups in total. The van der Waals surface area contributed by atoms with Crippen molar-refractivity contribution in [2.45, 2.75) is 32.4 Å². The van der Waals surface area contributed by atoms with Crippen LogP contribution in [-0.2, 0) is 11.3 Å². The molecule has 1 aromatic rings. The summed E-state index contributed by atoms with van der Waals surface area (Å²) < 4.78 is 5.52. The van der Waals surface area contributed by atoms with Gasteiger partial charge in [0.15, 0.2) is 5.82 Å². The quantitative estimate of drug-likeness (QED) is 0.811. The lowest BCUT2D eigenvalue weighted by molar-refractivity contribution is 0.105. The zero-order chi connectivity index (χ0) is 10.5. The summed E-state index contributed by atoms with van der Waals surface area (Å²) >= 11 is 0. The fraction of sp³-hybridized carbons (Fsp3) is 0.636. The predicted octanol–water partition coefficient (Wildman–Crippen LogP) is 1.44. The number of rotatable bonds is 4. The highest BCUT2D eigenvalue weighted by Crippen LogP contribution is 2.25. The van der Waals surface area contributed by atoms with Crippen LogP contribution in [0.4, 0.5) is 0 Å². The van der Waals surface area contributed by atoms with Crippen LogP contribution in [0.25, 0.3) is 0 Å². The van der Waals surface area contributed by atoms with Crippen molar-refractivity contribution in [3.63, 3.8) is 0 Å². The normalized spacial score (nSPS) is 20.7. The third-order valence-corrected chi connectivity index (χ3v) is 2.52. The highest BCUT2D eigenvalue weighted by atomic mass is 16.5. The molecule has 1 atom stereocenters. The zero-order valence-electron chi connectivity index (χ0n) is 9.07. The van der Waals surface area contributed by atoms with Gasteiger partial charge >= 0.3 is 0 Å². The Labute approximate surface area is 90.1 Å². The Morgan fingerprint density at radius 2 is 2.27 bits per heavy atom. The van der Waals surface area contributed by atoms with Gasteiger partial charge in [-0.2, -0.15) is 0 Å². The lowest BCUT2D eigenvalue weighted by Crippen LogP contribution is -2.13. The fourth-order valence-corrected chi connectivity index (χ4v) is 1.67. The Hall–Kier alpha value is -1.00. The number of hydrogen-bond donors (Lipinski definition) is 1. The van der Waals surface area contributed by atoms with E-state index in [0.717, 1.165) is 43.9 Å². The van der Waals surface area contributed by atoms with Gasteiger partial charge in [-0.25, -0.2) is 9.97 Å². The molecule has 1 saturated heterocycles. The van der Waals surface area contributed by atoms with Crippen LogP contribution in [0.15, 0.2) is 12.4 Å². The molecule has 0 saturated carbocycles. The van der Waals surface area contributed by atoms with Gasteiger partial charge in [-0.3, -0.25) is 0 Å². The standard InChI is InChI=1S/C11H17N3O/c1-2-12-6-9-7-13-11(14-8-9)10-4-3-5-15-10/h7-8,10,12H,2-6H2,1H3. The third-order valence-electron chi connectivity index (χ3n) is 2.52. The van der Waals surface area contributed by atoms with E-state index in [1.54, 1.807) is 0 Å². The molecule has 82 valence electrons. The van der Waals surface area contributed by atoms with Gasteiger partial charge in [-0.05, 0) is 19.4 Å². The van der Waals surface area contributed by atoms with Gasteiger partial charge in [0, 0.05) is 31.1 Å². The Morgan fingerprint density at radius 1 is 1.47 bits per heavy atom. The molecule has 1 fully saturated rings. The molecule has 1 unspecified atom stereocenters. The molecule has 0 radical (unpaired) electrons. The Bertz CT molecular complexity index is 293. The van der Waals surface area contributed by atoms with E-state index in [1.807, 2.05) is 12.4 Å². The van der Waals surface area contributed by atoms with E-state index in [2.05, 4.69) is 22.2 Å². The summed E-state index contributed by atoms with van der Waals surface area (Å²) in [5.74, 6) is 0.827. The minimum atomic E-state index is 0.123. The first-order valence-electron chi connectivity index (χ1n) is 5.53. The van der Waals surface area contributed by atoms with Crippen molar-refractivity contribution in [2.75, 3.05) is 13.2 Å². The summed E-state index contributed by atoms with van der Waals surface area (Å²) in [6, 6.07) is 0. The van der Waals surface area contributed by atoms with Crippen molar-refractivity contribution in [3.05, 3.63) is 23.8 Å². The number of nitrogens with one attached hydrogen (secondary N) is 1. The van der Waals surface area contributed by atoms with E-state index < -0.39 is 0 Å². The Morgan fingerprint density at radius 3 is 2.87 bits per heavy atom. The molecule has 1 aliphatic rings. The maximum Gasteiger partial charge on any atom is 0.157 e. The van der Waals surface area contributed by atoms with Gasteiger partial charge in [0.2, 0.25) is 0 Å². The van der Waals surface area contributed by atoms with Crippen LogP contribution in [-0.4, -0.2) is 23.1 Å². The minimum absolute atomic E-state index is 0.123. The molecule has 15 heavy (non-hydrogen) atoms. The van der Waals surface area contributed by atoms with E-state index in [9.17, 15) is 0 Å². The molecule has 4 nitrogen and oxygen atoms in total. The molecular weight excluding hydrogens is 190 g/mol. The number of ether oxygens (including phenoxy) is 1. The van der Waals surface area contributed by atoms with Gasteiger partial charge in [-0.1, -0.05) is 6.92 Å². The Kier molecular flexibility index (Phi) is 3.64. The molecule has 0 amide bonds. The van der Waals surface area contributed by atoms with Gasteiger partial charge < -0.3 is 10.1 Å². The minimum Gasteiger partial charge on any atom is -0.370 e. The second-order valence-electron chi connectivity index (χ2n) is 3.73. The highest BCUT2D eigenvalue weighted by Gasteiger charge is 2.19. The average Bonchev–Trinajstić information content (AvgIpc) is 2.80. The van der Waals surface area contributed by atoms with Crippen LogP contribution in [0.3, 0.4) is 0 Å². The SMILES string of the molecule is CCNCc1cnc(C2CCCO2)nc1. The summed E-state index contributed by atoms with van der Waals surface area (Å²) in [5.41, 5.74) is 1.12. The van der Waals surface area contributed by atoms with E-state index in [-0.39, 0.29) is 6.10 Å². The van der Waals surface area contributed by atoms with E-state index in [0.29, 0.717) is 0 Å². The summed E-state index contributed by atoms with van der Waals surface area (Å²) in [6.45, 7) is 4.73. The van der Waals surface area contributed by atoms with Crippen LogP contribution < -0.4 is 5.32 Å². The highest BCUT2D eigenvalue weighted by molar-refractivity contribution is 5.06. The first kappa shape index (κ1) is 10.5. The molecule has 0 aromatic carbocycles.